The molecule has 2 aromatic heterocycles. The highest BCUT2D eigenvalue weighted by molar-refractivity contribution is 7.59. The third kappa shape index (κ3) is 11.4. The van der Waals surface area contributed by atoms with Gasteiger partial charge in [-0.25, -0.2) is 0 Å². The molecule has 0 saturated carbocycles. The highest BCUT2D eigenvalue weighted by atomic mass is 31.2. The molecule has 4 aromatic carbocycles. The van der Waals surface area contributed by atoms with Gasteiger partial charge in [0.25, 0.3) is 0 Å². The van der Waals surface area contributed by atoms with E-state index in [0.717, 1.165) is 41.2 Å². The molecule has 2 heterocycles. The third-order valence-electron chi connectivity index (χ3n) is 9.29. The van der Waals surface area contributed by atoms with Gasteiger partial charge in [0.2, 0.25) is 0 Å². The van der Waals surface area contributed by atoms with Gasteiger partial charge in [0.05, 0.1) is 24.3 Å². The number of aryl methyl sites for hydroxylation is 2. The van der Waals surface area contributed by atoms with Gasteiger partial charge in [-0.2, -0.15) is 36.9 Å². The molecule has 6 aromatic rings. The Labute approximate surface area is 353 Å². The predicted molar refractivity (Wildman–Crippen MR) is 225 cm³/mol. The van der Waals surface area contributed by atoms with Crippen molar-refractivity contribution >= 4 is 49.1 Å². The van der Waals surface area contributed by atoms with Crippen LogP contribution in [0.1, 0.15) is 58.4 Å². The van der Waals surface area contributed by atoms with Gasteiger partial charge in [-0.05, 0) is 87.4 Å². The van der Waals surface area contributed by atoms with Crippen LogP contribution in [-0.4, -0.2) is 32.1 Å². The molecule has 0 aliphatic heterocycles. The molecule has 0 aliphatic rings. The van der Waals surface area contributed by atoms with Gasteiger partial charge in [-0.15, -0.1) is 0 Å². The highest BCUT2D eigenvalue weighted by Crippen LogP contribution is 2.56. The Morgan fingerprint density at radius 2 is 1.05 bits per heavy atom. The Morgan fingerprint density at radius 1 is 0.661 bits per heavy atom. The molecule has 0 saturated heterocycles. The first-order chi connectivity index (χ1) is 29.1. The summed E-state index contributed by atoms with van der Waals surface area (Å²) in [7, 11) is -8.54. The number of rotatable bonds is 12. The molecule has 0 aliphatic carbocycles. The van der Waals surface area contributed by atoms with Gasteiger partial charge >= 0.3 is 27.5 Å². The zero-order chi connectivity index (χ0) is 45.6. The number of fused-ring (bicyclic) bond motifs is 2. The van der Waals surface area contributed by atoms with E-state index in [-0.39, 0.29) is 31.6 Å². The number of alkyl halides is 6. The summed E-state index contributed by atoms with van der Waals surface area (Å²) in [5.41, 5.74) is 2.88. The fourth-order valence-corrected chi connectivity index (χ4v) is 8.72. The second-order valence-corrected chi connectivity index (χ2v) is 17.6. The third-order valence-corrected chi connectivity index (χ3v) is 12.2. The molecule has 0 atom stereocenters. The minimum Gasteiger partial charge on any atom is -0.342 e. The Hall–Kier alpha value is -5.70. The minimum atomic E-state index is -4.74. The van der Waals surface area contributed by atoms with E-state index in [1.807, 2.05) is 30.3 Å². The van der Waals surface area contributed by atoms with Crippen LogP contribution in [0.4, 0.5) is 26.3 Å². The van der Waals surface area contributed by atoms with Gasteiger partial charge < -0.3 is 28.0 Å². The first kappa shape index (κ1) is 47.4. The van der Waals surface area contributed by atoms with Crippen molar-refractivity contribution < 1.29 is 54.3 Å². The van der Waals surface area contributed by atoms with Gasteiger partial charge in [-0.3, -0.25) is 9.13 Å². The minimum absolute atomic E-state index is 0.104. The Balaban J connectivity index is 0.000000236. The molecule has 2 N–H and O–H groups in total. The van der Waals surface area contributed by atoms with E-state index in [2.05, 4.69) is 0 Å². The van der Waals surface area contributed by atoms with Crippen LogP contribution in [0.5, 0.6) is 0 Å². The van der Waals surface area contributed by atoms with Crippen molar-refractivity contribution in [3.05, 3.63) is 152 Å². The second-order valence-electron chi connectivity index (χ2n) is 14.0. The lowest BCUT2D eigenvalue weighted by molar-refractivity contribution is -0.138. The summed E-state index contributed by atoms with van der Waals surface area (Å²) in [6.45, 7) is 7.04. The first-order valence-electron chi connectivity index (χ1n) is 18.8. The van der Waals surface area contributed by atoms with E-state index in [4.69, 9.17) is 14.3 Å². The maximum Gasteiger partial charge on any atom is 0.416 e. The van der Waals surface area contributed by atoms with Crippen LogP contribution in [0.3, 0.4) is 0 Å². The largest absolute Gasteiger partial charge is 0.416 e. The molecular weight excluding hydrogens is 856 g/mol. The van der Waals surface area contributed by atoms with Crippen LogP contribution >= 0.6 is 15.2 Å². The van der Waals surface area contributed by atoms with Crippen LogP contribution < -0.4 is 0 Å². The summed E-state index contributed by atoms with van der Waals surface area (Å²) < 4.78 is 118. The topological polar surface area (TPSA) is 150 Å². The molecule has 0 unspecified atom stereocenters. The van der Waals surface area contributed by atoms with Crippen molar-refractivity contribution in [1.82, 2.24) is 9.13 Å². The van der Waals surface area contributed by atoms with Gasteiger partial charge in [0.15, 0.2) is 0 Å². The molecular formula is C44H40F6N4O6P2. The van der Waals surface area contributed by atoms with E-state index >= 15 is 0 Å². The maximum absolute atomic E-state index is 13.3. The van der Waals surface area contributed by atoms with Crippen molar-refractivity contribution in [2.24, 2.45) is 0 Å². The average Bonchev–Trinajstić information content (AvgIpc) is 3.71. The Bertz CT molecular complexity index is 2850. The van der Waals surface area contributed by atoms with Crippen molar-refractivity contribution in [2.75, 3.05) is 13.2 Å². The molecule has 18 heteroatoms. The molecule has 0 amide bonds. The number of hydrogen-bond acceptors (Lipinski definition) is 6. The summed E-state index contributed by atoms with van der Waals surface area (Å²) in [6.07, 6.45) is -3.04. The zero-order valence-corrected chi connectivity index (χ0v) is 35.5. The van der Waals surface area contributed by atoms with E-state index in [9.17, 15) is 50.5 Å². The molecule has 10 nitrogen and oxygen atoms in total. The zero-order valence-electron chi connectivity index (χ0n) is 33.7. The summed E-state index contributed by atoms with van der Waals surface area (Å²) in [6, 6.07) is 25.4. The van der Waals surface area contributed by atoms with Gasteiger partial charge in [0.1, 0.15) is 22.8 Å². The summed E-state index contributed by atoms with van der Waals surface area (Å²) >= 11 is 0. The van der Waals surface area contributed by atoms with E-state index in [1.165, 1.54) is 12.1 Å². The first-order valence-corrected chi connectivity index (χ1v) is 22.0. The second kappa shape index (κ2) is 19.1. The Morgan fingerprint density at radius 3 is 1.40 bits per heavy atom. The fraction of sp³-hybridized carbons (Fsp3) is 0.227. The van der Waals surface area contributed by atoms with Crippen LogP contribution in [0.15, 0.2) is 108 Å². The quantitative estimate of drug-likeness (QED) is 0.0700. The summed E-state index contributed by atoms with van der Waals surface area (Å²) in [4.78, 5) is 18.6. The molecule has 6 rings (SSSR count). The number of nitriles is 2. The normalized spacial score (nSPS) is 12.9. The summed E-state index contributed by atoms with van der Waals surface area (Å²) in [5, 5.41) is 19.3. The smallest absolute Gasteiger partial charge is 0.342 e. The molecule has 0 radical (unpaired) electrons. The number of para-hydroxylation sites is 2. The number of halogens is 6. The number of allylic oxidation sites excluding steroid dienone is 2. The monoisotopic (exact) mass is 896 g/mol. The lowest BCUT2D eigenvalue weighted by atomic mass is 10.1. The fourth-order valence-electron chi connectivity index (χ4n) is 6.84. The van der Waals surface area contributed by atoms with Gasteiger partial charge in [-0.1, -0.05) is 59.7 Å². The highest BCUT2D eigenvalue weighted by Gasteiger charge is 2.33. The summed E-state index contributed by atoms with van der Waals surface area (Å²) in [5.74, 6) is 0. The van der Waals surface area contributed by atoms with Crippen LogP contribution in [0, 0.1) is 36.5 Å². The number of aromatic nitrogens is 2. The molecule has 0 spiro atoms. The van der Waals surface area contributed by atoms with Crippen LogP contribution in [-0.2, 0) is 43.6 Å². The Kier molecular flexibility index (Phi) is 14.6. The predicted octanol–water partition coefficient (Wildman–Crippen LogP) is 12.2. The number of hydrogen-bond donors (Lipinski definition) is 2. The van der Waals surface area contributed by atoms with Crippen LogP contribution in [0.25, 0.3) is 34.0 Å². The van der Waals surface area contributed by atoms with E-state index in [1.54, 1.807) is 85.6 Å². The van der Waals surface area contributed by atoms with Crippen LogP contribution in [0.2, 0.25) is 0 Å². The molecule has 0 fully saturated rings. The van der Waals surface area contributed by atoms with E-state index in [0.29, 0.717) is 44.3 Å². The van der Waals surface area contributed by atoms with Crippen molar-refractivity contribution in [2.45, 2.75) is 53.1 Å². The van der Waals surface area contributed by atoms with Crippen molar-refractivity contribution in [3.63, 3.8) is 0 Å². The van der Waals surface area contributed by atoms with E-state index < -0.39 is 44.0 Å². The SMILES string of the molecule is CCOP(=O)(OCC)/C(C#N)=C/c1cn(Cc2cc(C)cc(C(F)(F)F)c2)c2ccccc12.Cc1cc(Cn2cc(/C=C(\C#N)P(=O)(O)O)c3ccccc32)cc(C(F)(F)F)c1. The lowest BCUT2D eigenvalue weighted by Crippen LogP contribution is -2.07. The van der Waals surface area contributed by atoms with Gasteiger partial charge in [0, 0.05) is 58.4 Å². The molecule has 62 heavy (non-hydrogen) atoms. The molecule has 324 valence electrons. The average molecular weight is 897 g/mol. The van der Waals surface area contributed by atoms with Crippen molar-refractivity contribution in [3.8, 4) is 12.1 Å². The standard InChI is InChI=1S/C24H24F3N2O3P.C20H16F3N2O3P/c1-4-31-33(30,32-5-2)21(14-28)13-19-16-29(23-9-7-6-8-22(19)23)15-18-10-17(3)11-20(12-18)24(25,26)27;1-13-6-14(8-16(7-13)20(21,22)23)11-25-12-15(9-17(10-24)29(26,27)28)18-4-2-3-5-19(18)25/h6-13,16H,4-5,15H2,1-3H3;2-9,12H,11H2,1H3,(H2,26,27,28)/b21-13+;17-9+. The lowest BCUT2D eigenvalue weighted by Gasteiger charge is -2.15. The maximum atomic E-state index is 13.3. The molecule has 0 bridgehead atoms. The van der Waals surface area contributed by atoms with Crippen molar-refractivity contribution in [1.29, 1.82) is 10.5 Å². The number of benzene rings is 4. The number of nitrogens with zero attached hydrogens (tertiary/aromatic N) is 4.